The van der Waals surface area contributed by atoms with Crippen LogP contribution in [0.25, 0.3) is 0 Å². The van der Waals surface area contributed by atoms with Gasteiger partial charge in [-0.2, -0.15) is 0 Å². The van der Waals surface area contributed by atoms with E-state index in [2.05, 4.69) is 10.6 Å². The second-order valence-electron chi connectivity index (χ2n) is 4.08. The van der Waals surface area contributed by atoms with Gasteiger partial charge < -0.3 is 15.4 Å². The molecular weight excluding hydrogens is 180 g/mol. The highest BCUT2D eigenvalue weighted by Gasteiger charge is 2.26. The lowest BCUT2D eigenvalue weighted by atomic mass is 9.98. The van der Waals surface area contributed by atoms with E-state index in [1.54, 1.807) is 0 Å². The van der Waals surface area contributed by atoms with Gasteiger partial charge in [-0.05, 0) is 38.9 Å². The van der Waals surface area contributed by atoms with Gasteiger partial charge in [-0.25, -0.2) is 0 Å². The molecule has 0 amide bonds. The van der Waals surface area contributed by atoms with E-state index in [0.717, 1.165) is 45.4 Å². The normalized spacial score (nSPS) is 29.0. The molecule has 80 valence electrons. The maximum Gasteiger partial charge on any atom is 0.309 e. The molecule has 2 rings (SSSR count). The highest BCUT2D eigenvalue weighted by Crippen LogP contribution is 2.15. The zero-order valence-corrected chi connectivity index (χ0v) is 8.42. The summed E-state index contributed by atoms with van der Waals surface area (Å²) in [6.07, 6.45) is 2.95. The molecule has 0 aromatic heterocycles. The zero-order valence-electron chi connectivity index (χ0n) is 8.42. The SMILES string of the molecule is O=C(O[C@@H]1CCNC1)C1CCNCC1. The van der Waals surface area contributed by atoms with Gasteiger partial charge in [0.1, 0.15) is 6.10 Å². The van der Waals surface area contributed by atoms with Crippen LogP contribution in [0.1, 0.15) is 19.3 Å². The Morgan fingerprint density at radius 3 is 2.43 bits per heavy atom. The standard InChI is InChI=1S/C10H18N2O2/c13-10(8-1-4-11-5-2-8)14-9-3-6-12-7-9/h8-9,11-12H,1-7H2/t9-/m1/s1. The predicted octanol–water partition coefficient (Wildman–Crippen LogP) is -0.109. The van der Waals surface area contributed by atoms with Crippen LogP contribution in [0.5, 0.6) is 0 Å². The Kier molecular flexibility index (Phi) is 3.37. The molecule has 0 aromatic carbocycles. The summed E-state index contributed by atoms with van der Waals surface area (Å²) in [6.45, 7) is 3.70. The minimum Gasteiger partial charge on any atom is -0.461 e. The average molecular weight is 198 g/mol. The summed E-state index contributed by atoms with van der Waals surface area (Å²) in [5.74, 6) is 0.150. The number of carbonyl (C=O) groups is 1. The molecule has 2 N–H and O–H groups in total. The number of rotatable bonds is 2. The van der Waals surface area contributed by atoms with Crippen LogP contribution < -0.4 is 10.6 Å². The molecule has 2 heterocycles. The first kappa shape index (κ1) is 9.93. The van der Waals surface area contributed by atoms with Gasteiger partial charge in [0, 0.05) is 6.54 Å². The number of esters is 1. The fraction of sp³-hybridized carbons (Fsp3) is 0.900. The van der Waals surface area contributed by atoms with Crippen LogP contribution in [0.3, 0.4) is 0 Å². The fourth-order valence-electron chi connectivity index (χ4n) is 2.05. The largest absolute Gasteiger partial charge is 0.461 e. The molecule has 14 heavy (non-hydrogen) atoms. The number of hydrogen-bond acceptors (Lipinski definition) is 4. The first-order valence-electron chi connectivity index (χ1n) is 5.48. The topological polar surface area (TPSA) is 50.4 Å². The Morgan fingerprint density at radius 1 is 1.07 bits per heavy atom. The predicted molar refractivity (Wildman–Crippen MR) is 53.0 cm³/mol. The summed E-state index contributed by atoms with van der Waals surface area (Å²) < 4.78 is 5.42. The van der Waals surface area contributed by atoms with E-state index in [0.29, 0.717) is 0 Å². The van der Waals surface area contributed by atoms with E-state index >= 15 is 0 Å². The van der Waals surface area contributed by atoms with Gasteiger partial charge in [0.25, 0.3) is 0 Å². The van der Waals surface area contributed by atoms with E-state index < -0.39 is 0 Å². The number of carbonyl (C=O) groups excluding carboxylic acids is 1. The van der Waals surface area contributed by atoms with E-state index in [4.69, 9.17) is 4.74 Å². The average Bonchev–Trinajstić information content (AvgIpc) is 2.72. The summed E-state index contributed by atoms with van der Waals surface area (Å²) >= 11 is 0. The smallest absolute Gasteiger partial charge is 0.309 e. The summed E-state index contributed by atoms with van der Waals surface area (Å²) in [5, 5.41) is 6.43. The summed E-state index contributed by atoms with van der Waals surface area (Å²) in [5.41, 5.74) is 0. The molecule has 2 saturated heterocycles. The molecule has 1 atom stereocenters. The molecule has 0 bridgehead atoms. The van der Waals surface area contributed by atoms with Crippen molar-refractivity contribution in [1.82, 2.24) is 10.6 Å². The van der Waals surface area contributed by atoms with E-state index in [9.17, 15) is 4.79 Å². The molecule has 2 fully saturated rings. The Balaban J connectivity index is 1.75. The molecule has 0 aromatic rings. The van der Waals surface area contributed by atoms with Crippen molar-refractivity contribution in [3.63, 3.8) is 0 Å². The third kappa shape index (κ3) is 2.45. The highest BCUT2D eigenvalue weighted by molar-refractivity contribution is 5.72. The molecule has 0 spiro atoms. The number of hydrogen-bond donors (Lipinski definition) is 2. The number of piperidine rings is 1. The summed E-state index contributed by atoms with van der Waals surface area (Å²) in [6, 6.07) is 0. The van der Waals surface area contributed by atoms with E-state index in [1.165, 1.54) is 0 Å². The summed E-state index contributed by atoms with van der Waals surface area (Å²) in [7, 11) is 0. The van der Waals surface area contributed by atoms with Gasteiger partial charge in [-0.1, -0.05) is 0 Å². The summed E-state index contributed by atoms with van der Waals surface area (Å²) in [4.78, 5) is 11.7. The van der Waals surface area contributed by atoms with Crippen molar-refractivity contribution >= 4 is 5.97 Å². The molecule has 0 unspecified atom stereocenters. The van der Waals surface area contributed by atoms with Gasteiger partial charge in [0.2, 0.25) is 0 Å². The molecule has 2 aliphatic rings. The van der Waals surface area contributed by atoms with Gasteiger partial charge in [0.15, 0.2) is 0 Å². The lowest BCUT2D eigenvalue weighted by Crippen LogP contribution is -2.34. The molecule has 4 heteroatoms. The van der Waals surface area contributed by atoms with E-state index in [-0.39, 0.29) is 18.0 Å². The van der Waals surface area contributed by atoms with Gasteiger partial charge >= 0.3 is 5.97 Å². The second kappa shape index (κ2) is 4.75. The van der Waals surface area contributed by atoms with Crippen LogP contribution in [0.4, 0.5) is 0 Å². The van der Waals surface area contributed by atoms with Crippen LogP contribution in [-0.2, 0) is 9.53 Å². The Hall–Kier alpha value is -0.610. The van der Waals surface area contributed by atoms with Crippen molar-refractivity contribution in [2.75, 3.05) is 26.2 Å². The van der Waals surface area contributed by atoms with Gasteiger partial charge in [0.05, 0.1) is 5.92 Å². The minimum atomic E-state index is 0.0141. The molecular formula is C10H18N2O2. The van der Waals surface area contributed by atoms with Gasteiger partial charge in [-0.3, -0.25) is 4.79 Å². The lowest BCUT2D eigenvalue weighted by Gasteiger charge is -2.22. The van der Waals surface area contributed by atoms with Gasteiger partial charge in [-0.15, -0.1) is 0 Å². The monoisotopic (exact) mass is 198 g/mol. The fourth-order valence-corrected chi connectivity index (χ4v) is 2.05. The molecule has 4 nitrogen and oxygen atoms in total. The first-order chi connectivity index (χ1) is 6.86. The number of nitrogens with one attached hydrogen (secondary N) is 2. The van der Waals surface area contributed by atoms with Crippen LogP contribution in [0.2, 0.25) is 0 Å². The Bertz CT molecular complexity index is 196. The van der Waals surface area contributed by atoms with E-state index in [1.807, 2.05) is 0 Å². The quantitative estimate of drug-likeness (QED) is 0.608. The Morgan fingerprint density at radius 2 is 1.79 bits per heavy atom. The molecule has 0 aliphatic carbocycles. The van der Waals surface area contributed by atoms with Crippen LogP contribution in [-0.4, -0.2) is 38.3 Å². The van der Waals surface area contributed by atoms with Crippen molar-refractivity contribution in [3.8, 4) is 0 Å². The van der Waals surface area contributed by atoms with Crippen molar-refractivity contribution in [1.29, 1.82) is 0 Å². The third-order valence-electron chi connectivity index (χ3n) is 2.97. The number of ether oxygens (including phenoxy) is 1. The maximum absolute atomic E-state index is 11.7. The lowest BCUT2D eigenvalue weighted by molar-refractivity contribution is -0.154. The Labute approximate surface area is 84.4 Å². The van der Waals surface area contributed by atoms with Crippen molar-refractivity contribution in [3.05, 3.63) is 0 Å². The molecule has 0 saturated carbocycles. The highest BCUT2D eigenvalue weighted by atomic mass is 16.5. The van der Waals surface area contributed by atoms with Crippen molar-refractivity contribution in [2.24, 2.45) is 5.92 Å². The zero-order chi connectivity index (χ0) is 9.80. The maximum atomic E-state index is 11.7. The molecule has 2 aliphatic heterocycles. The first-order valence-corrected chi connectivity index (χ1v) is 5.48. The van der Waals surface area contributed by atoms with Crippen molar-refractivity contribution < 1.29 is 9.53 Å². The molecule has 0 radical (unpaired) electrons. The minimum absolute atomic E-state index is 0.0141. The van der Waals surface area contributed by atoms with Crippen LogP contribution in [0.15, 0.2) is 0 Å². The van der Waals surface area contributed by atoms with Crippen LogP contribution in [0, 0.1) is 5.92 Å². The van der Waals surface area contributed by atoms with Crippen LogP contribution >= 0.6 is 0 Å². The second-order valence-corrected chi connectivity index (χ2v) is 4.08. The third-order valence-corrected chi connectivity index (χ3v) is 2.97. The van der Waals surface area contributed by atoms with Crippen molar-refractivity contribution in [2.45, 2.75) is 25.4 Å².